The molecule has 0 N–H and O–H groups in total. The van der Waals surface area contributed by atoms with Crippen molar-refractivity contribution < 1.29 is 29.5 Å². The normalized spacial score (nSPS) is 12.5. The molecule has 51 heavy (non-hydrogen) atoms. The molecule has 0 radical (unpaired) electrons. The second-order valence-corrected chi connectivity index (χ2v) is 18.3. The minimum atomic E-state index is -2.97. The summed E-state index contributed by atoms with van der Waals surface area (Å²) in [6, 6.07) is 74.4. The van der Waals surface area contributed by atoms with Gasteiger partial charge in [0, 0.05) is 26.8 Å². The van der Waals surface area contributed by atoms with Crippen LogP contribution in [0.5, 0.6) is 0 Å². The van der Waals surface area contributed by atoms with E-state index in [0.717, 1.165) is 11.1 Å². The van der Waals surface area contributed by atoms with Crippen molar-refractivity contribution in [1.82, 2.24) is 0 Å². The van der Waals surface area contributed by atoms with Crippen molar-refractivity contribution in [1.29, 1.82) is 0 Å². The summed E-state index contributed by atoms with van der Waals surface area (Å²) in [4.78, 5) is 0. The monoisotopic (exact) mass is 900 g/mol. The van der Waals surface area contributed by atoms with Crippen LogP contribution in [0.25, 0.3) is 5.57 Å². The second-order valence-electron chi connectivity index (χ2n) is 11.7. The zero-order valence-corrected chi connectivity index (χ0v) is 33.0. The predicted octanol–water partition coefficient (Wildman–Crippen LogP) is 7.61. The van der Waals surface area contributed by atoms with Crippen LogP contribution < -0.4 is 31.8 Å². The fourth-order valence-corrected chi connectivity index (χ4v) is 11.9. The van der Waals surface area contributed by atoms with E-state index >= 15 is 0 Å². The molecule has 0 aliphatic carbocycles. The fraction of sp³-hybridized carbons (Fsp3) is 0.0222. The molecule has 0 spiro atoms. The van der Waals surface area contributed by atoms with Crippen LogP contribution in [0.3, 0.4) is 0 Å². The molecule has 7 aromatic rings. The topological polar surface area (TPSA) is 34.1 Å². The van der Waals surface area contributed by atoms with Gasteiger partial charge in [-0.15, -0.1) is 17.5 Å². The van der Waals surface area contributed by atoms with Crippen LogP contribution >= 0.6 is 15.8 Å². The van der Waals surface area contributed by atoms with Gasteiger partial charge in [-0.05, 0) is 72.8 Å². The summed E-state index contributed by atoms with van der Waals surface area (Å²) in [7, 11) is -4.72. The van der Waals surface area contributed by atoms with Crippen molar-refractivity contribution in [3.63, 3.8) is 0 Å². The first-order valence-electron chi connectivity index (χ1n) is 16.6. The molecule has 1 heterocycles. The molecule has 0 amide bonds. The maximum absolute atomic E-state index is 10.7. The minimum Gasteiger partial charge on any atom is -0.244 e. The zero-order chi connectivity index (χ0) is 34.4. The number of rotatable bonds is 7. The van der Waals surface area contributed by atoms with Crippen LogP contribution in [0.1, 0.15) is 5.56 Å². The molecular weight excluding hydrogens is 862 g/mol. The van der Waals surface area contributed by atoms with Crippen LogP contribution in [0, 0.1) is 5.41 Å². The Bertz CT molecular complexity index is 1860. The van der Waals surface area contributed by atoms with Gasteiger partial charge in [0.1, 0.15) is 31.8 Å². The predicted molar refractivity (Wildman–Crippen MR) is 220 cm³/mol. The van der Waals surface area contributed by atoms with Gasteiger partial charge in [0.05, 0.1) is 25.7 Å². The van der Waals surface area contributed by atoms with Crippen molar-refractivity contribution >= 4 is 63.1 Å². The Hall–Kier alpha value is -4.22. The van der Waals surface area contributed by atoms with Gasteiger partial charge in [0.15, 0.2) is 0 Å². The molecule has 8 rings (SSSR count). The Kier molecular flexibility index (Phi) is 14.5. The molecule has 1 aliphatic heterocycles. The van der Waals surface area contributed by atoms with Crippen molar-refractivity contribution in [3.05, 3.63) is 223 Å². The quantitative estimate of drug-likeness (QED) is 0.122. The SMILES string of the molecule is O=S1(=O)[C-]=C(c2ccccc2)C1.[Pt].c1ccc([PH+](c2ccccc2)c2ccccc2)cc1.c1ccc([PH+](c2ccccc2)c2ccccc2)cc1. The smallest absolute Gasteiger partial charge is 0.102 e. The van der Waals surface area contributed by atoms with Gasteiger partial charge < -0.3 is 0 Å². The Morgan fingerprint density at radius 1 is 0.353 bits per heavy atom. The molecule has 2 nitrogen and oxygen atoms in total. The third kappa shape index (κ3) is 10.9. The van der Waals surface area contributed by atoms with Crippen molar-refractivity contribution in [2.75, 3.05) is 5.75 Å². The maximum Gasteiger partial charge on any atom is 0.102 e. The summed E-state index contributed by atoms with van der Waals surface area (Å²) in [6.07, 6.45) is 0. The average Bonchev–Trinajstić information content (AvgIpc) is 3.18. The van der Waals surface area contributed by atoms with E-state index in [1.165, 1.54) is 31.8 Å². The van der Waals surface area contributed by atoms with Crippen LogP contribution in [0.4, 0.5) is 0 Å². The molecular formula is C45H39O2P2PtS+. The molecule has 0 unspecified atom stereocenters. The first-order chi connectivity index (χ1) is 24.6. The Labute approximate surface area is 319 Å². The van der Waals surface area contributed by atoms with Gasteiger partial charge >= 0.3 is 0 Å². The summed E-state index contributed by atoms with van der Waals surface area (Å²) in [5.41, 5.74) is 1.74. The second kappa shape index (κ2) is 19.4. The number of hydrogen-bond acceptors (Lipinski definition) is 2. The Morgan fingerprint density at radius 3 is 0.745 bits per heavy atom. The fourth-order valence-electron chi connectivity index (χ4n) is 5.77. The van der Waals surface area contributed by atoms with Gasteiger partial charge in [0.25, 0.3) is 0 Å². The van der Waals surface area contributed by atoms with Crippen molar-refractivity contribution in [2.45, 2.75) is 0 Å². The minimum absolute atomic E-state index is 0. The van der Waals surface area contributed by atoms with Gasteiger partial charge in [-0.25, -0.2) is 8.42 Å². The van der Waals surface area contributed by atoms with E-state index in [1.54, 1.807) is 0 Å². The molecule has 256 valence electrons. The van der Waals surface area contributed by atoms with Crippen LogP contribution in [-0.4, -0.2) is 14.2 Å². The van der Waals surface area contributed by atoms with E-state index in [9.17, 15) is 8.42 Å². The standard InChI is InChI=1S/2C18H15P.C9H7O2S.Pt/c2*1-4-10-16(11-5-1)19(17-12-6-2-7-13-17)18-14-8-3-9-15-18;10-12(11)6-9(7-12)8-4-2-1-3-5-8;/h2*1-15H;1-5H,6H2;/q;;-1;/p+2. The maximum atomic E-state index is 10.7. The van der Waals surface area contributed by atoms with Crippen LogP contribution in [0.2, 0.25) is 0 Å². The van der Waals surface area contributed by atoms with E-state index in [0.29, 0.717) is 0 Å². The van der Waals surface area contributed by atoms with Gasteiger partial charge in [-0.1, -0.05) is 127 Å². The summed E-state index contributed by atoms with van der Waals surface area (Å²) < 4.78 is 21.5. The van der Waals surface area contributed by atoms with E-state index in [4.69, 9.17) is 0 Å². The van der Waals surface area contributed by atoms with Crippen LogP contribution in [0.15, 0.2) is 212 Å². The molecule has 1 aliphatic rings. The van der Waals surface area contributed by atoms with Gasteiger partial charge in [-0.3, -0.25) is 0 Å². The molecule has 0 aromatic heterocycles. The van der Waals surface area contributed by atoms with Crippen molar-refractivity contribution in [2.24, 2.45) is 0 Å². The summed E-state index contributed by atoms with van der Waals surface area (Å²) in [6.45, 7) is 0. The first kappa shape index (κ1) is 38.0. The van der Waals surface area contributed by atoms with E-state index in [2.05, 4.69) is 187 Å². The summed E-state index contributed by atoms with van der Waals surface area (Å²) in [5.74, 6) is 0.136. The molecule has 0 atom stereocenters. The molecule has 0 saturated carbocycles. The Morgan fingerprint density at radius 2 is 0.549 bits per heavy atom. The molecule has 6 heteroatoms. The molecule has 0 bridgehead atoms. The number of hydrogen-bond donors (Lipinski definition) is 0. The summed E-state index contributed by atoms with van der Waals surface area (Å²) >= 11 is 0. The third-order valence-corrected chi connectivity index (χ3v) is 14.8. The van der Waals surface area contributed by atoms with Gasteiger partial charge in [0.2, 0.25) is 0 Å². The number of sulfone groups is 1. The van der Waals surface area contributed by atoms with E-state index in [1.807, 2.05) is 30.3 Å². The molecule has 0 saturated heterocycles. The van der Waals surface area contributed by atoms with Gasteiger partial charge in [-0.2, -0.15) is 11.1 Å². The molecule has 0 fully saturated rings. The Balaban J connectivity index is 0.000000151. The first-order valence-corrected chi connectivity index (χ1v) is 21.2. The number of benzene rings is 7. The van der Waals surface area contributed by atoms with E-state index < -0.39 is 25.7 Å². The average molecular weight is 901 g/mol. The summed E-state index contributed by atoms with van der Waals surface area (Å²) in [5, 5.41) is 11.0. The van der Waals surface area contributed by atoms with Crippen LogP contribution in [-0.2, 0) is 30.9 Å². The molecule has 7 aromatic carbocycles. The zero-order valence-electron chi connectivity index (χ0n) is 28.0. The largest absolute Gasteiger partial charge is 0.244 e. The van der Waals surface area contributed by atoms with E-state index in [-0.39, 0.29) is 26.8 Å². The van der Waals surface area contributed by atoms with Crippen molar-refractivity contribution in [3.8, 4) is 0 Å². The third-order valence-electron chi connectivity index (χ3n) is 8.11.